The summed E-state index contributed by atoms with van der Waals surface area (Å²) in [5.74, 6) is -0.271. The first-order valence-electron chi connectivity index (χ1n) is 7.20. The molecule has 0 fully saturated rings. The molecule has 1 aromatic heterocycles. The number of benzene rings is 1. The highest BCUT2D eigenvalue weighted by atomic mass is 32.1. The van der Waals surface area contributed by atoms with Crippen LogP contribution < -0.4 is 10.6 Å². The third-order valence-electron chi connectivity index (χ3n) is 3.37. The van der Waals surface area contributed by atoms with E-state index in [1.165, 1.54) is 0 Å². The molecule has 0 bridgehead atoms. The fraction of sp³-hybridized carbons (Fsp3) is 0.312. The van der Waals surface area contributed by atoms with Gasteiger partial charge in [0.1, 0.15) is 4.88 Å². The van der Waals surface area contributed by atoms with Crippen LogP contribution in [0.2, 0.25) is 0 Å². The van der Waals surface area contributed by atoms with Gasteiger partial charge in [0.15, 0.2) is 5.13 Å². The Morgan fingerprint density at radius 3 is 2.30 bits per heavy atom. The van der Waals surface area contributed by atoms with E-state index in [9.17, 15) is 9.59 Å². The van der Waals surface area contributed by atoms with E-state index in [0.29, 0.717) is 17.0 Å². The van der Waals surface area contributed by atoms with Gasteiger partial charge in [-0.1, -0.05) is 36.0 Å². The molecule has 0 atom stereocenters. The topological polar surface area (TPSA) is 91.3 Å². The van der Waals surface area contributed by atoms with Crippen LogP contribution in [0.3, 0.4) is 0 Å². The largest absolute Gasteiger partial charge is 0.465 e. The molecule has 3 N–H and O–H groups in total. The summed E-state index contributed by atoms with van der Waals surface area (Å²) >= 11 is 1.04. The van der Waals surface area contributed by atoms with Gasteiger partial charge in [-0.25, -0.2) is 9.78 Å². The number of amides is 2. The minimum absolute atomic E-state index is 0.205. The summed E-state index contributed by atoms with van der Waals surface area (Å²) in [6.45, 7) is 7.77. The van der Waals surface area contributed by atoms with Crippen LogP contribution in [-0.4, -0.2) is 22.1 Å². The summed E-state index contributed by atoms with van der Waals surface area (Å²) < 4.78 is 0. The quantitative estimate of drug-likeness (QED) is 0.789. The molecule has 23 heavy (non-hydrogen) atoms. The highest BCUT2D eigenvalue weighted by Crippen LogP contribution is 2.27. The van der Waals surface area contributed by atoms with E-state index in [1.807, 2.05) is 39.8 Å². The summed E-state index contributed by atoms with van der Waals surface area (Å²) in [4.78, 5) is 27.9. The number of hydrogen-bond acceptors (Lipinski definition) is 4. The van der Waals surface area contributed by atoms with Gasteiger partial charge < -0.3 is 10.4 Å². The zero-order valence-electron chi connectivity index (χ0n) is 13.5. The van der Waals surface area contributed by atoms with Crippen molar-refractivity contribution in [2.24, 2.45) is 0 Å². The molecule has 2 aromatic rings. The first kappa shape index (κ1) is 17.0. The second-order valence-electron chi connectivity index (χ2n) is 5.31. The zero-order chi connectivity index (χ0) is 17.1. The number of carbonyl (C=O) groups excluding carboxylic acids is 1. The number of anilines is 2. The van der Waals surface area contributed by atoms with Crippen LogP contribution >= 0.6 is 11.3 Å². The summed E-state index contributed by atoms with van der Waals surface area (Å²) in [6, 6.07) is 4.01. The van der Waals surface area contributed by atoms with Crippen LogP contribution in [0.4, 0.5) is 15.6 Å². The Kier molecular flexibility index (Phi) is 5.00. The van der Waals surface area contributed by atoms with Crippen LogP contribution in [0.25, 0.3) is 0 Å². The van der Waals surface area contributed by atoms with Crippen LogP contribution in [0.1, 0.15) is 39.0 Å². The first-order chi connectivity index (χ1) is 10.8. The Bertz CT molecular complexity index is 745. The van der Waals surface area contributed by atoms with Crippen molar-refractivity contribution < 1.29 is 14.7 Å². The van der Waals surface area contributed by atoms with Crippen LogP contribution in [0, 0.1) is 20.8 Å². The molecule has 6 nitrogen and oxygen atoms in total. The lowest BCUT2D eigenvalue weighted by molar-refractivity contribution is 0.102. The first-order valence-corrected chi connectivity index (χ1v) is 8.02. The predicted octanol–water partition coefficient (Wildman–Crippen LogP) is 3.97. The van der Waals surface area contributed by atoms with Gasteiger partial charge in [-0.3, -0.25) is 10.1 Å². The van der Waals surface area contributed by atoms with Crippen LogP contribution in [0.5, 0.6) is 0 Å². The number of nitrogens with one attached hydrogen (secondary N) is 2. The van der Waals surface area contributed by atoms with Crippen molar-refractivity contribution in [2.45, 2.75) is 34.1 Å². The normalized spacial score (nSPS) is 10.4. The highest BCUT2D eigenvalue weighted by Gasteiger charge is 2.19. The Labute approximate surface area is 138 Å². The minimum atomic E-state index is -1.20. The second kappa shape index (κ2) is 6.78. The Balaban J connectivity index is 2.31. The fourth-order valence-corrected chi connectivity index (χ4v) is 3.40. The summed E-state index contributed by atoms with van der Waals surface area (Å²) in [5, 5.41) is 14.1. The SMILES string of the molecule is CCc1nc(NC(=O)O)sc1C(=O)Nc1c(C)cc(C)cc1C. The van der Waals surface area contributed by atoms with Crippen molar-refractivity contribution in [2.75, 3.05) is 10.6 Å². The number of rotatable bonds is 4. The molecular formula is C16H19N3O3S. The van der Waals surface area contributed by atoms with E-state index < -0.39 is 6.09 Å². The minimum Gasteiger partial charge on any atom is -0.465 e. The molecule has 0 unspecified atom stereocenters. The molecule has 1 aromatic carbocycles. The molecule has 0 radical (unpaired) electrons. The maximum atomic E-state index is 12.6. The molecule has 0 aliphatic heterocycles. The van der Waals surface area contributed by atoms with Crippen molar-refractivity contribution in [3.8, 4) is 0 Å². The van der Waals surface area contributed by atoms with Crippen molar-refractivity contribution in [3.05, 3.63) is 39.4 Å². The van der Waals surface area contributed by atoms with E-state index in [0.717, 1.165) is 33.7 Å². The number of thiazole rings is 1. The molecule has 0 saturated carbocycles. The van der Waals surface area contributed by atoms with E-state index in [-0.39, 0.29) is 11.0 Å². The number of aromatic nitrogens is 1. The molecule has 2 rings (SSSR count). The number of nitrogens with zero attached hydrogens (tertiary/aromatic N) is 1. The van der Waals surface area contributed by atoms with Crippen molar-refractivity contribution >= 4 is 34.2 Å². The Hall–Kier alpha value is -2.41. The van der Waals surface area contributed by atoms with Gasteiger partial charge in [-0.15, -0.1) is 0 Å². The molecule has 0 aliphatic rings. The maximum absolute atomic E-state index is 12.6. The molecule has 7 heteroatoms. The van der Waals surface area contributed by atoms with Gasteiger partial charge in [0.2, 0.25) is 0 Å². The van der Waals surface area contributed by atoms with E-state index in [1.54, 1.807) is 0 Å². The third-order valence-corrected chi connectivity index (χ3v) is 4.38. The number of carboxylic acid groups (broad SMARTS) is 1. The van der Waals surface area contributed by atoms with Gasteiger partial charge in [-0.2, -0.15) is 0 Å². The Morgan fingerprint density at radius 2 is 1.78 bits per heavy atom. The third kappa shape index (κ3) is 3.87. The lowest BCUT2D eigenvalue weighted by Crippen LogP contribution is -2.14. The smallest absolute Gasteiger partial charge is 0.410 e. The van der Waals surface area contributed by atoms with Gasteiger partial charge in [0.25, 0.3) is 5.91 Å². The molecule has 0 aliphatic carbocycles. The lowest BCUT2D eigenvalue weighted by atomic mass is 10.1. The van der Waals surface area contributed by atoms with Crippen molar-refractivity contribution in [3.63, 3.8) is 0 Å². The maximum Gasteiger partial charge on any atom is 0.410 e. The number of carbonyl (C=O) groups is 2. The highest BCUT2D eigenvalue weighted by molar-refractivity contribution is 7.17. The van der Waals surface area contributed by atoms with Crippen LogP contribution in [-0.2, 0) is 6.42 Å². The summed E-state index contributed by atoms with van der Waals surface area (Å²) in [5.41, 5.74) is 4.48. The molecule has 0 spiro atoms. The Morgan fingerprint density at radius 1 is 1.17 bits per heavy atom. The monoisotopic (exact) mass is 333 g/mol. The van der Waals surface area contributed by atoms with E-state index >= 15 is 0 Å². The van der Waals surface area contributed by atoms with E-state index in [2.05, 4.69) is 15.6 Å². The molecule has 0 saturated heterocycles. The van der Waals surface area contributed by atoms with Gasteiger partial charge in [-0.05, 0) is 38.3 Å². The summed E-state index contributed by atoms with van der Waals surface area (Å²) in [7, 11) is 0. The predicted molar refractivity (Wildman–Crippen MR) is 91.7 cm³/mol. The molecule has 2 amide bonds. The number of hydrogen-bond donors (Lipinski definition) is 3. The fourth-order valence-electron chi connectivity index (χ4n) is 2.46. The van der Waals surface area contributed by atoms with Gasteiger partial charge in [0, 0.05) is 5.69 Å². The molecular weight excluding hydrogens is 314 g/mol. The van der Waals surface area contributed by atoms with Crippen molar-refractivity contribution in [1.29, 1.82) is 0 Å². The zero-order valence-corrected chi connectivity index (χ0v) is 14.3. The molecule has 1 heterocycles. The van der Waals surface area contributed by atoms with Crippen molar-refractivity contribution in [1.82, 2.24) is 4.98 Å². The van der Waals surface area contributed by atoms with E-state index in [4.69, 9.17) is 5.11 Å². The second-order valence-corrected chi connectivity index (χ2v) is 6.31. The lowest BCUT2D eigenvalue weighted by Gasteiger charge is -2.12. The van der Waals surface area contributed by atoms with Crippen LogP contribution in [0.15, 0.2) is 12.1 Å². The average molecular weight is 333 g/mol. The average Bonchev–Trinajstić information content (AvgIpc) is 2.84. The van der Waals surface area contributed by atoms with Gasteiger partial charge in [0.05, 0.1) is 5.69 Å². The summed E-state index contributed by atoms with van der Waals surface area (Å²) in [6.07, 6.45) is -0.648. The standard InChI is InChI=1S/C16H19N3O3S/c1-5-11-13(23-15(17-11)19-16(21)22)14(20)18-12-9(3)6-8(2)7-10(12)4/h6-7H,5H2,1-4H3,(H,17,19)(H,18,20)(H,21,22). The molecule has 122 valence electrons. The van der Waals surface area contributed by atoms with Gasteiger partial charge >= 0.3 is 6.09 Å². The number of aryl methyl sites for hydroxylation is 4.